The van der Waals surface area contributed by atoms with E-state index in [0.717, 1.165) is 21.9 Å². The number of rotatable bonds is 3. The highest BCUT2D eigenvalue weighted by Gasteiger charge is 2.15. The quantitative estimate of drug-likeness (QED) is 0.604. The van der Waals surface area contributed by atoms with E-state index in [1.54, 1.807) is 11.3 Å². The smallest absolute Gasteiger partial charge is 0.195 e. The van der Waals surface area contributed by atoms with Crippen LogP contribution < -0.4 is 5.73 Å². The maximum Gasteiger partial charge on any atom is 0.195 e. The SMILES string of the molecule is Cc1ccc(-c2nc3sc(-c4ccccc4)cn3c2CN)cc1. The van der Waals surface area contributed by atoms with E-state index in [1.165, 1.54) is 16.0 Å². The standard InChI is InChI=1S/C19H17N3S/c1-13-7-9-15(10-8-13)18-16(11-20)22-12-17(23-19(22)21-18)14-5-3-2-4-6-14/h2-10,12H,11,20H2,1H3. The van der Waals surface area contributed by atoms with E-state index in [1.807, 2.05) is 6.07 Å². The third-order valence-corrected chi connectivity index (χ3v) is 5.03. The van der Waals surface area contributed by atoms with E-state index in [4.69, 9.17) is 10.7 Å². The number of nitrogens with two attached hydrogens (primary N) is 1. The molecule has 3 nitrogen and oxygen atoms in total. The Bertz CT molecular complexity index is 950. The molecule has 2 aromatic carbocycles. The first-order chi connectivity index (χ1) is 11.3. The van der Waals surface area contributed by atoms with Gasteiger partial charge in [-0.25, -0.2) is 4.98 Å². The molecular weight excluding hydrogens is 302 g/mol. The normalized spacial score (nSPS) is 11.2. The van der Waals surface area contributed by atoms with E-state index in [0.29, 0.717) is 6.54 Å². The van der Waals surface area contributed by atoms with Gasteiger partial charge in [-0.3, -0.25) is 4.40 Å². The predicted octanol–water partition coefficient (Wildman–Crippen LogP) is 4.50. The van der Waals surface area contributed by atoms with Crippen molar-refractivity contribution in [2.45, 2.75) is 13.5 Å². The molecule has 0 unspecified atom stereocenters. The summed E-state index contributed by atoms with van der Waals surface area (Å²) in [4.78, 5) is 7.02. The topological polar surface area (TPSA) is 43.3 Å². The van der Waals surface area contributed by atoms with Crippen molar-refractivity contribution < 1.29 is 0 Å². The summed E-state index contributed by atoms with van der Waals surface area (Å²) >= 11 is 1.69. The molecule has 4 aromatic rings. The van der Waals surface area contributed by atoms with Crippen molar-refractivity contribution in [1.29, 1.82) is 0 Å². The van der Waals surface area contributed by atoms with Crippen LogP contribution in [0.15, 0.2) is 60.8 Å². The Kier molecular flexibility index (Phi) is 3.48. The van der Waals surface area contributed by atoms with Gasteiger partial charge in [-0.2, -0.15) is 0 Å². The molecule has 0 amide bonds. The highest BCUT2D eigenvalue weighted by molar-refractivity contribution is 7.20. The lowest BCUT2D eigenvalue weighted by atomic mass is 10.1. The number of hydrogen-bond donors (Lipinski definition) is 1. The molecule has 0 atom stereocenters. The average Bonchev–Trinajstić information content (AvgIpc) is 3.14. The maximum atomic E-state index is 6.02. The number of aromatic nitrogens is 2. The Morgan fingerprint density at radius 2 is 1.74 bits per heavy atom. The molecule has 114 valence electrons. The van der Waals surface area contributed by atoms with Crippen LogP contribution in [0.25, 0.3) is 26.7 Å². The summed E-state index contributed by atoms with van der Waals surface area (Å²) in [5.41, 5.74) is 11.6. The van der Waals surface area contributed by atoms with Crippen molar-refractivity contribution in [3.63, 3.8) is 0 Å². The van der Waals surface area contributed by atoms with E-state index in [2.05, 4.69) is 66.1 Å². The number of thiazole rings is 1. The molecule has 2 aromatic heterocycles. The third kappa shape index (κ3) is 2.46. The second-order valence-corrected chi connectivity index (χ2v) is 6.60. The van der Waals surface area contributed by atoms with E-state index >= 15 is 0 Å². The monoisotopic (exact) mass is 319 g/mol. The van der Waals surface area contributed by atoms with E-state index in [9.17, 15) is 0 Å². The fraction of sp³-hybridized carbons (Fsp3) is 0.105. The van der Waals surface area contributed by atoms with E-state index < -0.39 is 0 Å². The first-order valence-electron chi connectivity index (χ1n) is 7.59. The second-order valence-electron chi connectivity index (χ2n) is 5.59. The third-order valence-electron chi connectivity index (χ3n) is 4.00. The Morgan fingerprint density at radius 3 is 2.43 bits per heavy atom. The van der Waals surface area contributed by atoms with Crippen molar-refractivity contribution in [3.05, 3.63) is 72.1 Å². The van der Waals surface area contributed by atoms with Crippen LogP contribution in [-0.4, -0.2) is 9.38 Å². The highest BCUT2D eigenvalue weighted by Crippen LogP contribution is 2.33. The minimum Gasteiger partial charge on any atom is -0.325 e. The number of imidazole rings is 1. The molecule has 4 heteroatoms. The van der Waals surface area contributed by atoms with Gasteiger partial charge in [-0.15, -0.1) is 0 Å². The Balaban J connectivity index is 1.85. The summed E-state index contributed by atoms with van der Waals surface area (Å²) in [6, 6.07) is 18.8. The molecule has 0 saturated carbocycles. The van der Waals surface area contributed by atoms with Crippen LogP contribution in [0.5, 0.6) is 0 Å². The van der Waals surface area contributed by atoms with Gasteiger partial charge in [0, 0.05) is 18.3 Å². The number of fused-ring (bicyclic) bond motifs is 1. The zero-order valence-electron chi connectivity index (χ0n) is 12.9. The molecule has 2 heterocycles. The first kappa shape index (κ1) is 14.2. The number of aryl methyl sites for hydroxylation is 1. The maximum absolute atomic E-state index is 6.02. The van der Waals surface area contributed by atoms with Crippen LogP contribution in [0.3, 0.4) is 0 Å². The van der Waals surface area contributed by atoms with Crippen LogP contribution in [-0.2, 0) is 6.54 Å². The molecule has 2 N–H and O–H groups in total. The van der Waals surface area contributed by atoms with Gasteiger partial charge in [0.25, 0.3) is 0 Å². The molecule has 0 aliphatic heterocycles. The highest BCUT2D eigenvalue weighted by atomic mass is 32.1. The summed E-state index contributed by atoms with van der Waals surface area (Å²) in [7, 11) is 0. The molecule has 23 heavy (non-hydrogen) atoms. The van der Waals surface area contributed by atoms with Crippen molar-refractivity contribution in [2.24, 2.45) is 5.73 Å². The van der Waals surface area contributed by atoms with Gasteiger partial charge in [0.1, 0.15) is 0 Å². The fourth-order valence-electron chi connectivity index (χ4n) is 2.76. The molecular formula is C19H17N3S. The molecule has 0 radical (unpaired) electrons. The van der Waals surface area contributed by atoms with Gasteiger partial charge in [-0.05, 0) is 12.5 Å². The minimum absolute atomic E-state index is 0.468. The summed E-state index contributed by atoms with van der Waals surface area (Å²) in [5, 5.41) is 0. The lowest BCUT2D eigenvalue weighted by Crippen LogP contribution is -2.01. The molecule has 0 fully saturated rings. The molecule has 0 bridgehead atoms. The zero-order chi connectivity index (χ0) is 15.8. The van der Waals surface area contributed by atoms with Gasteiger partial charge < -0.3 is 5.73 Å². The summed E-state index contributed by atoms with van der Waals surface area (Å²) in [6.45, 7) is 2.56. The first-order valence-corrected chi connectivity index (χ1v) is 8.41. The van der Waals surface area contributed by atoms with Crippen LogP contribution >= 0.6 is 11.3 Å². The molecule has 0 spiro atoms. The Labute approximate surface area is 139 Å². The van der Waals surface area contributed by atoms with Gasteiger partial charge in [0.15, 0.2) is 4.96 Å². The second kappa shape index (κ2) is 5.65. The van der Waals surface area contributed by atoms with Crippen molar-refractivity contribution in [3.8, 4) is 21.7 Å². The van der Waals surface area contributed by atoms with Gasteiger partial charge in [-0.1, -0.05) is 71.5 Å². The molecule has 0 saturated heterocycles. The lowest BCUT2D eigenvalue weighted by Gasteiger charge is -2.02. The lowest BCUT2D eigenvalue weighted by molar-refractivity contribution is 0.970. The van der Waals surface area contributed by atoms with Crippen LogP contribution in [0.4, 0.5) is 0 Å². The fourth-order valence-corrected chi connectivity index (χ4v) is 3.77. The summed E-state index contributed by atoms with van der Waals surface area (Å²) in [5.74, 6) is 0. The predicted molar refractivity (Wildman–Crippen MR) is 96.6 cm³/mol. The molecule has 0 aliphatic carbocycles. The van der Waals surface area contributed by atoms with Crippen LogP contribution in [0, 0.1) is 6.92 Å². The molecule has 4 rings (SSSR count). The molecule has 0 aliphatic rings. The summed E-state index contributed by atoms with van der Waals surface area (Å²) in [6.07, 6.45) is 2.14. The zero-order valence-corrected chi connectivity index (χ0v) is 13.7. The van der Waals surface area contributed by atoms with Gasteiger partial charge >= 0.3 is 0 Å². The summed E-state index contributed by atoms with van der Waals surface area (Å²) < 4.78 is 2.13. The Morgan fingerprint density at radius 1 is 1.00 bits per heavy atom. The van der Waals surface area contributed by atoms with Crippen molar-refractivity contribution >= 4 is 16.3 Å². The van der Waals surface area contributed by atoms with Crippen LogP contribution in [0.2, 0.25) is 0 Å². The van der Waals surface area contributed by atoms with E-state index in [-0.39, 0.29) is 0 Å². The average molecular weight is 319 g/mol. The number of nitrogens with zero attached hydrogens (tertiary/aromatic N) is 2. The van der Waals surface area contributed by atoms with Crippen LogP contribution in [0.1, 0.15) is 11.3 Å². The Hall–Kier alpha value is -2.43. The number of hydrogen-bond acceptors (Lipinski definition) is 3. The number of benzene rings is 2. The van der Waals surface area contributed by atoms with Crippen molar-refractivity contribution in [1.82, 2.24) is 9.38 Å². The van der Waals surface area contributed by atoms with Gasteiger partial charge in [0.2, 0.25) is 0 Å². The van der Waals surface area contributed by atoms with Gasteiger partial charge in [0.05, 0.1) is 16.3 Å². The van der Waals surface area contributed by atoms with Crippen molar-refractivity contribution in [2.75, 3.05) is 0 Å². The largest absolute Gasteiger partial charge is 0.325 e. The minimum atomic E-state index is 0.468.